The molecule has 1 saturated heterocycles. The average Bonchev–Trinajstić information content (AvgIpc) is 2.70. The molecule has 1 aliphatic heterocycles. The molecule has 3 rings (SSSR count). The van der Waals surface area contributed by atoms with Crippen LogP contribution >= 0.6 is 11.6 Å². The molecule has 0 aliphatic carbocycles. The number of nitrogens with zero attached hydrogens (tertiary/aromatic N) is 3. The highest BCUT2D eigenvalue weighted by atomic mass is 35.5. The summed E-state index contributed by atoms with van der Waals surface area (Å²) in [5.74, 6) is 0.828. The first-order valence-electron chi connectivity index (χ1n) is 9.57. The SMILES string of the molecule is Cc1cccc(O[C@H](C)C(=O)N2CCN(c3ncc(C(F)(F)F)cc3Cl)CC2)c1C. The topological polar surface area (TPSA) is 45.7 Å². The highest BCUT2D eigenvalue weighted by molar-refractivity contribution is 6.33. The van der Waals surface area contributed by atoms with Crippen molar-refractivity contribution >= 4 is 23.3 Å². The van der Waals surface area contributed by atoms with Crippen LogP contribution in [-0.4, -0.2) is 48.1 Å². The number of rotatable bonds is 4. The summed E-state index contributed by atoms with van der Waals surface area (Å²) in [6.45, 7) is 7.28. The number of aromatic nitrogens is 1. The Morgan fingerprint density at radius 3 is 2.47 bits per heavy atom. The third-order valence-electron chi connectivity index (χ3n) is 5.25. The highest BCUT2D eigenvalue weighted by Gasteiger charge is 2.33. The van der Waals surface area contributed by atoms with Gasteiger partial charge in [-0.3, -0.25) is 4.79 Å². The lowest BCUT2D eigenvalue weighted by atomic mass is 10.1. The number of ether oxygens (including phenoxy) is 1. The maximum atomic E-state index is 12.8. The van der Waals surface area contributed by atoms with Gasteiger partial charge >= 0.3 is 6.18 Å². The van der Waals surface area contributed by atoms with Crippen LogP contribution in [0, 0.1) is 13.8 Å². The van der Waals surface area contributed by atoms with E-state index in [9.17, 15) is 18.0 Å². The van der Waals surface area contributed by atoms with Crippen molar-refractivity contribution in [2.75, 3.05) is 31.1 Å². The summed E-state index contributed by atoms with van der Waals surface area (Å²) in [6.07, 6.45) is -4.37. The number of anilines is 1. The lowest BCUT2D eigenvalue weighted by molar-refractivity contribution is -0.138. The van der Waals surface area contributed by atoms with Gasteiger partial charge in [0.25, 0.3) is 5.91 Å². The highest BCUT2D eigenvalue weighted by Crippen LogP contribution is 2.33. The van der Waals surface area contributed by atoms with E-state index in [0.717, 1.165) is 23.4 Å². The summed E-state index contributed by atoms with van der Waals surface area (Å²) in [5.41, 5.74) is 1.19. The second-order valence-electron chi connectivity index (χ2n) is 7.30. The zero-order chi connectivity index (χ0) is 22.1. The number of aryl methyl sites for hydroxylation is 1. The van der Waals surface area contributed by atoms with Crippen molar-refractivity contribution in [2.24, 2.45) is 0 Å². The molecule has 0 saturated carbocycles. The van der Waals surface area contributed by atoms with Crippen LogP contribution in [0.25, 0.3) is 0 Å². The Labute approximate surface area is 178 Å². The van der Waals surface area contributed by atoms with Crippen LogP contribution in [0.1, 0.15) is 23.6 Å². The Balaban J connectivity index is 1.61. The molecule has 2 aromatic rings. The number of carbonyl (C=O) groups is 1. The number of carbonyl (C=O) groups excluding carboxylic acids is 1. The Morgan fingerprint density at radius 1 is 1.20 bits per heavy atom. The van der Waals surface area contributed by atoms with Gasteiger partial charge in [-0.25, -0.2) is 4.98 Å². The fraction of sp³-hybridized carbons (Fsp3) is 0.429. The van der Waals surface area contributed by atoms with Crippen molar-refractivity contribution in [2.45, 2.75) is 33.1 Å². The van der Waals surface area contributed by atoms with Crippen LogP contribution in [0.5, 0.6) is 5.75 Å². The summed E-state index contributed by atoms with van der Waals surface area (Å²) < 4.78 is 44.2. The number of halogens is 4. The van der Waals surface area contributed by atoms with E-state index in [0.29, 0.717) is 31.9 Å². The summed E-state index contributed by atoms with van der Waals surface area (Å²) in [6, 6.07) is 6.58. The van der Waals surface area contributed by atoms with Gasteiger partial charge in [0.05, 0.1) is 10.6 Å². The van der Waals surface area contributed by atoms with E-state index in [1.807, 2.05) is 32.0 Å². The molecule has 162 valence electrons. The van der Waals surface area contributed by atoms with Gasteiger partial charge in [0, 0.05) is 32.4 Å². The van der Waals surface area contributed by atoms with Crippen LogP contribution in [0.3, 0.4) is 0 Å². The number of hydrogen-bond donors (Lipinski definition) is 0. The lowest BCUT2D eigenvalue weighted by Crippen LogP contribution is -2.52. The predicted molar refractivity (Wildman–Crippen MR) is 109 cm³/mol. The minimum atomic E-state index is -4.49. The quantitative estimate of drug-likeness (QED) is 0.701. The summed E-state index contributed by atoms with van der Waals surface area (Å²) in [7, 11) is 0. The fourth-order valence-corrected chi connectivity index (χ4v) is 3.59. The molecule has 0 bridgehead atoms. The van der Waals surface area contributed by atoms with Crippen molar-refractivity contribution in [3.63, 3.8) is 0 Å². The van der Waals surface area contributed by atoms with Gasteiger partial charge in [0.1, 0.15) is 11.6 Å². The second-order valence-corrected chi connectivity index (χ2v) is 7.70. The van der Waals surface area contributed by atoms with Crippen molar-refractivity contribution in [1.29, 1.82) is 0 Å². The first-order chi connectivity index (χ1) is 14.1. The first-order valence-corrected chi connectivity index (χ1v) is 9.95. The number of benzene rings is 1. The molecule has 1 atom stereocenters. The van der Waals surface area contributed by atoms with E-state index >= 15 is 0 Å². The van der Waals surface area contributed by atoms with Gasteiger partial charge in [-0.15, -0.1) is 0 Å². The Hall–Kier alpha value is -2.48. The van der Waals surface area contributed by atoms with Crippen molar-refractivity contribution in [1.82, 2.24) is 9.88 Å². The molecular weight excluding hydrogens is 419 g/mol. The molecule has 1 aromatic heterocycles. The molecular formula is C21H23ClF3N3O2. The normalized spacial score (nSPS) is 15.8. The monoisotopic (exact) mass is 441 g/mol. The number of piperazine rings is 1. The van der Waals surface area contributed by atoms with Gasteiger partial charge in [0.15, 0.2) is 6.10 Å². The molecule has 2 heterocycles. The number of amides is 1. The van der Waals surface area contributed by atoms with Crippen LogP contribution in [-0.2, 0) is 11.0 Å². The standard InChI is InChI=1S/C21H23ClF3N3O2/c1-13-5-4-6-18(14(13)2)30-15(3)20(29)28-9-7-27(8-10-28)19-17(22)11-16(12-26-19)21(23,24)25/h4-6,11-12,15H,7-10H2,1-3H3/t15-/m1/s1. The molecule has 0 N–H and O–H groups in total. The van der Waals surface area contributed by atoms with E-state index in [2.05, 4.69) is 4.98 Å². The Bertz CT molecular complexity index is 928. The van der Waals surface area contributed by atoms with E-state index < -0.39 is 17.8 Å². The zero-order valence-electron chi connectivity index (χ0n) is 17.0. The molecule has 5 nitrogen and oxygen atoms in total. The number of hydrogen-bond acceptors (Lipinski definition) is 4. The van der Waals surface area contributed by atoms with E-state index in [4.69, 9.17) is 16.3 Å². The average molecular weight is 442 g/mol. The molecule has 0 spiro atoms. The number of pyridine rings is 1. The van der Waals surface area contributed by atoms with Gasteiger partial charge in [0.2, 0.25) is 0 Å². The van der Waals surface area contributed by atoms with Crippen LogP contribution < -0.4 is 9.64 Å². The van der Waals surface area contributed by atoms with Crippen molar-refractivity contribution < 1.29 is 22.7 Å². The van der Waals surface area contributed by atoms with E-state index in [-0.39, 0.29) is 16.7 Å². The van der Waals surface area contributed by atoms with Gasteiger partial charge < -0.3 is 14.5 Å². The van der Waals surface area contributed by atoms with Gasteiger partial charge in [-0.1, -0.05) is 23.7 Å². The molecule has 9 heteroatoms. The molecule has 0 unspecified atom stereocenters. The minimum absolute atomic E-state index is 0.0591. The molecule has 30 heavy (non-hydrogen) atoms. The van der Waals surface area contributed by atoms with Crippen LogP contribution in [0.15, 0.2) is 30.5 Å². The van der Waals surface area contributed by atoms with E-state index in [1.165, 1.54) is 0 Å². The predicted octanol–water partition coefficient (Wildman–Crippen LogP) is 4.49. The molecule has 0 radical (unpaired) electrons. The van der Waals surface area contributed by atoms with Crippen molar-refractivity contribution in [3.8, 4) is 5.75 Å². The molecule has 1 aromatic carbocycles. The summed E-state index contributed by atoms with van der Waals surface area (Å²) in [5, 5.41) is -0.0591. The van der Waals surface area contributed by atoms with Gasteiger partial charge in [-0.2, -0.15) is 13.2 Å². The molecule has 1 amide bonds. The summed E-state index contributed by atoms with van der Waals surface area (Å²) in [4.78, 5) is 20.1. The van der Waals surface area contributed by atoms with Crippen LogP contribution in [0.2, 0.25) is 5.02 Å². The Morgan fingerprint density at radius 2 is 1.87 bits per heavy atom. The zero-order valence-corrected chi connectivity index (χ0v) is 17.7. The number of alkyl halides is 3. The fourth-order valence-electron chi connectivity index (χ4n) is 3.31. The molecule has 1 fully saturated rings. The van der Waals surface area contributed by atoms with Crippen LogP contribution in [0.4, 0.5) is 19.0 Å². The first kappa shape index (κ1) is 22.2. The smallest absolute Gasteiger partial charge is 0.417 e. The lowest BCUT2D eigenvalue weighted by Gasteiger charge is -2.36. The van der Waals surface area contributed by atoms with E-state index in [1.54, 1.807) is 16.7 Å². The minimum Gasteiger partial charge on any atom is -0.481 e. The Kier molecular flexibility index (Phi) is 6.45. The third-order valence-corrected chi connectivity index (χ3v) is 5.52. The third kappa shape index (κ3) is 4.80. The largest absolute Gasteiger partial charge is 0.481 e. The maximum Gasteiger partial charge on any atom is 0.417 e. The van der Waals surface area contributed by atoms with Crippen molar-refractivity contribution in [3.05, 3.63) is 52.2 Å². The van der Waals surface area contributed by atoms with Gasteiger partial charge in [-0.05, 0) is 44.0 Å². The second kappa shape index (κ2) is 8.71. The maximum absolute atomic E-state index is 12.8. The summed E-state index contributed by atoms with van der Waals surface area (Å²) >= 11 is 6.03. The molecule has 1 aliphatic rings.